The van der Waals surface area contributed by atoms with Gasteiger partial charge < -0.3 is 19.8 Å². The lowest BCUT2D eigenvalue weighted by Gasteiger charge is -2.07. The van der Waals surface area contributed by atoms with Crippen LogP contribution in [0.5, 0.6) is 5.75 Å². The van der Waals surface area contributed by atoms with E-state index in [9.17, 15) is 9.59 Å². The van der Waals surface area contributed by atoms with Crippen molar-refractivity contribution in [2.24, 2.45) is 0 Å². The molecule has 35 heavy (non-hydrogen) atoms. The van der Waals surface area contributed by atoms with E-state index in [0.717, 1.165) is 18.6 Å². The van der Waals surface area contributed by atoms with Gasteiger partial charge in [0.2, 0.25) is 0 Å². The van der Waals surface area contributed by atoms with Crippen LogP contribution in [0.4, 0.5) is 11.4 Å². The molecule has 8 nitrogen and oxygen atoms in total. The number of furan rings is 1. The van der Waals surface area contributed by atoms with E-state index in [1.807, 2.05) is 31.2 Å². The summed E-state index contributed by atoms with van der Waals surface area (Å²) in [5.74, 6) is 0.548. The highest BCUT2D eigenvalue weighted by Crippen LogP contribution is 2.26. The monoisotopic (exact) mass is 470 g/mol. The summed E-state index contributed by atoms with van der Waals surface area (Å²) in [6, 6.07) is 18.5. The second-order valence-corrected chi connectivity index (χ2v) is 8.36. The van der Waals surface area contributed by atoms with Crippen molar-refractivity contribution >= 4 is 23.2 Å². The average molecular weight is 471 g/mol. The molecule has 0 saturated carbocycles. The Morgan fingerprint density at radius 1 is 1.00 bits per heavy atom. The Morgan fingerprint density at radius 3 is 2.66 bits per heavy atom. The van der Waals surface area contributed by atoms with E-state index >= 15 is 0 Å². The van der Waals surface area contributed by atoms with Crippen LogP contribution in [-0.2, 0) is 26.0 Å². The number of hydrogen-bond donors (Lipinski definition) is 2. The zero-order valence-electron chi connectivity index (χ0n) is 19.4. The molecular weight excluding hydrogens is 444 g/mol. The summed E-state index contributed by atoms with van der Waals surface area (Å²) in [5.41, 5.74) is 3.78. The first-order chi connectivity index (χ1) is 17.1. The van der Waals surface area contributed by atoms with Crippen molar-refractivity contribution in [1.29, 1.82) is 0 Å². The van der Waals surface area contributed by atoms with Gasteiger partial charge in [-0.25, -0.2) is 0 Å². The van der Waals surface area contributed by atoms with Gasteiger partial charge in [0.05, 0.1) is 5.69 Å². The molecule has 2 aromatic heterocycles. The Hall–Kier alpha value is -4.33. The van der Waals surface area contributed by atoms with Gasteiger partial charge in [-0.15, -0.1) is 0 Å². The molecular formula is C27H26N4O4. The third kappa shape index (κ3) is 5.11. The van der Waals surface area contributed by atoms with Crippen LogP contribution in [0.2, 0.25) is 0 Å². The maximum Gasteiger partial charge on any atom is 0.291 e. The molecule has 0 aliphatic heterocycles. The van der Waals surface area contributed by atoms with E-state index < -0.39 is 11.8 Å². The molecule has 0 atom stereocenters. The standard InChI is InChI=1S/C27H26N4O4/c1-2-31-16-23(25(30-31)27(33)28-20-9-4-3-5-10-20)29-26(32)24-14-13-22(35-24)17-34-21-12-11-18-7-6-8-19(18)15-21/h3-5,9-16H,2,6-8,17H2,1H3,(H,28,33)(H,29,32). The molecule has 178 valence electrons. The highest BCUT2D eigenvalue weighted by molar-refractivity contribution is 6.10. The van der Waals surface area contributed by atoms with Crippen LogP contribution in [-0.4, -0.2) is 21.6 Å². The van der Waals surface area contributed by atoms with Crippen LogP contribution in [0.15, 0.2) is 71.3 Å². The van der Waals surface area contributed by atoms with E-state index in [4.69, 9.17) is 9.15 Å². The van der Waals surface area contributed by atoms with Crippen molar-refractivity contribution in [3.05, 3.63) is 95.2 Å². The number of fused-ring (bicyclic) bond motifs is 1. The number of carbonyl (C=O) groups is 2. The summed E-state index contributed by atoms with van der Waals surface area (Å²) in [7, 11) is 0. The van der Waals surface area contributed by atoms with E-state index in [-0.39, 0.29) is 18.1 Å². The summed E-state index contributed by atoms with van der Waals surface area (Å²) in [6.07, 6.45) is 5.01. The number of aryl methyl sites for hydroxylation is 3. The average Bonchev–Trinajstić information content (AvgIpc) is 3.62. The second kappa shape index (κ2) is 9.89. The van der Waals surface area contributed by atoms with Crippen LogP contribution >= 0.6 is 0 Å². The minimum absolute atomic E-state index is 0.121. The molecule has 0 spiro atoms. The molecule has 4 aromatic rings. The van der Waals surface area contributed by atoms with E-state index in [2.05, 4.69) is 27.9 Å². The van der Waals surface area contributed by atoms with Crippen molar-refractivity contribution in [3.8, 4) is 5.75 Å². The zero-order valence-corrected chi connectivity index (χ0v) is 19.4. The van der Waals surface area contributed by atoms with Gasteiger partial charge >= 0.3 is 0 Å². The highest BCUT2D eigenvalue weighted by Gasteiger charge is 2.21. The third-order valence-corrected chi connectivity index (χ3v) is 5.92. The molecule has 1 aliphatic carbocycles. The number of aromatic nitrogens is 2. The van der Waals surface area contributed by atoms with Crippen molar-refractivity contribution < 1.29 is 18.7 Å². The fourth-order valence-corrected chi connectivity index (χ4v) is 4.11. The number of anilines is 2. The minimum atomic E-state index is -0.474. The number of ether oxygens (including phenoxy) is 1. The Bertz CT molecular complexity index is 1360. The lowest BCUT2D eigenvalue weighted by Crippen LogP contribution is -2.17. The summed E-state index contributed by atoms with van der Waals surface area (Å²) in [5, 5.41) is 9.84. The summed E-state index contributed by atoms with van der Waals surface area (Å²) < 4.78 is 13.1. The van der Waals surface area contributed by atoms with Gasteiger partial charge in [0.25, 0.3) is 11.8 Å². The van der Waals surface area contributed by atoms with Crippen LogP contribution in [0, 0.1) is 0 Å². The topological polar surface area (TPSA) is 98.4 Å². The molecule has 0 saturated heterocycles. The first-order valence-electron chi connectivity index (χ1n) is 11.7. The SMILES string of the molecule is CCn1cc(NC(=O)c2ccc(COc3ccc4c(c3)CCC4)o2)c(C(=O)Nc2ccccc2)n1. The Balaban J connectivity index is 1.24. The smallest absolute Gasteiger partial charge is 0.291 e. The van der Waals surface area contributed by atoms with Crippen molar-refractivity contribution in [1.82, 2.24) is 9.78 Å². The molecule has 5 rings (SSSR count). The van der Waals surface area contributed by atoms with Gasteiger partial charge in [0.15, 0.2) is 11.5 Å². The molecule has 0 unspecified atom stereocenters. The fourth-order valence-electron chi connectivity index (χ4n) is 4.11. The number of hydrogen-bond acceptors (Lipinski definition) is 5. The molecule has 0 bridgehead atoms. The molecule has 8 heteroatoms. The van der Waals surface area contributed by atoms with Gasteiger partial charge in [-0.1, -0.05) is 24.3 Å². The van der Waals surface area contributed by atoms with Crippen LogP contribution in [0.25, 0.3) is 0 Å². The normalized spacial score (nSPS) is 12.3. The summed E-state index contributed by atoms with van der Waals surface area (Å²) in [6.45, 7) is 2.66. The Morgan fingerprint density at radius 2 is 1.83 bits per heavy atom. The fraction of sp³-hybridized carbons (Fsp3) is 0.222. The first kappa shape index (κ1) is 22.5. The number of para-hydroxylation sites is 1. The van der Waals surface area contributed by atoms with Gasteiger partial charge in [0.1, 0.15) is 18.1 Å². The number of carbonyl (C=O) groups excluding carboxylic acids is 2. The Kier molecular flexibility index (Phi) is 6.34. The van der Waals surface area contributed by atoms with E-state index in [1.54, 1.807) is 35.1 Å². The number of rotatable bonds is 8. The van der Waals surface area contributed by atoms with E-state index in [0.29, 0.717) is 23.7 Å². The zero-order chi connectivity index (χ0) is 24.2. The molecule has 0 radical (unpaired) electrons. The largest absolute Gasteiger partial charge is 0.486 e. The van der Waals surface area contributed by atoms with Crippen molar-refractivity contribution in [2.45, 2.75) is 39.3 Å². The Labute approximate surface area is 202 Å². The van der Waals surface area contributed by atoms with Gasteiger partial charge in [-0.2, -0.15) is 5.10 Å². The molecule has 1 aliphatic rings. The number of nitrogens with one attached hydrogen (secondary N) is 2. The van der Waals surface area contributed by atoms with Crippen LogP contribution in [0.1, 0.15) is 51.3 Å². The lowest BCUT2D eigenvalue weighted by atomic mass is 10.1. The van der Waals surface area contributed by atoms with Crippen LogP contribution in [0.3, 0.4) is 0 Å². The predicted octanol–water partition coefficient (Wildman–Crippen LogP) is 5.07. The minimum Gasteiger partial charge on any atom is -0.486 e. The summed E-state index contributed by atoms with van der Waals surface area (Å²) >= 11 is 0. The van der Waals surface area contributed by atoms with E-state index in [1.165, 1.54) is 17.5 Å². The van der Waals surface area contributed by atoms with Crippen molar-refractivity contribution in [2.75, 3.05) is 10.6 Å². The second-order valence-electron chi connectivity index (χ2n) is 8.36. The molecule has 2 aromatic carbocycles. The highest BCUT2D eigenvalue weighted by atomic mass is 16.5. The number of nitrogens with zero attached hydrogens (tertiary/aromatic N) is 2. The lowest BCUT2D eigenvalue weighted by molar-refractivity contribution is 0.0992. The molecule has 2 heterocycles. The van der Waals surface area contributed by atoms with Gasteiger partial charge in [0, 0.05) is 18.4 Å². The maximum absolute atomic E-state index is 12.8. The van der Waals surface area contributed by atoms with Crippen molar-refractivity contribution in [3.63, 3.8) is 0 Å². The first-order valence-corrected chi connectivity index (χ1v) is 11.7. The molecule has 2 N–H and O–H groups in total. The number of amides is 2. The third-order valence-electron chi connectivity index (χ3n) is 5.92. The van der Waals surface area contributed by atoms with Gasteiger partial charge in [-0.3, -0.25) is 14.3 Å². The number of benzene rings is 2. The summed E-state index contributed by atoms with van der Waals surface area (Å²) in [4.78, 5) is 25.6. The van der Waals surface area contributed by atoms with Crippen LogP contribution < -0.4 is 15.4 Å². The maximum atomic E-state index is 12.8. The van der Waals surface area contributed by atoms with Gasteiger partial charge in [-0.05, 0) is 73.7 Å². The predicted molar refractivity (Wildman–Crippen MR) is 132 cm³/mol. The molecule has 0 fully saturated rings. The quantitative estimate of drug-likeness (QED) is 0.375. The molecule has 2 amide bonds.